The molecule has 0 heterocycles. The lowest BCUT2D eigenvalue weighted by Gasteiger charge is -2.45. The molecule has 0 N–H and O–H groups in total. The Bertz CT molecular complexity index is 341. The van der Waals surface area contributed by atoms with Gasteiger partial charge in [0.2, 0.25) is 0 Å². The number of fused-ring (bicyclic) bond motifs is 2. The van der Waals surface area contributed by atoms with Gasteiger partial charge in [-0.2, -0.15) is 0 Å². The number of ketones is 2. The Morgan fingerprint density at radius 2 is 1.06 bits per heavy atom. The molecule has 3 fully saturated rings. The third kappa shape index (κ3) is 1.85. The molecular weight excluding hydrogens is 224 g/mol. The zero-order valence-corrected chi connectivity index (χ0v) is 11.5. The second kappa shape index (κ2) is 4.47. The van der Waals surface area contributed by atoms with Crippen LogP contribution in [0.25, 0.3) is 0 Å². The highest BCUT2D eigenvalue weighted by atomic mass is 16.1. The van der Waals surface area contributed by atoms with Crippen LogP contribution in [0.5, 0.6) is 0 Å². The van der Waals surface area contributed by atoms with Gasteiger partial charge in [0.05, 0.1) is 0 Å². The fourth-order valence-electron chi connectivity index (χ4n) is 4.62. The molecule has 6 atom stereocenters. The first-order valence-corrected chi connectivity index (χ1v) is 7.65. The van der Waals surface area contributed by atoms with Gasteiger partial charge in [-0.3, -0.25) is 9.59 Å². The molecular formula is C16H24O2. The largest absolute Gasteiger partial charge is 0.299 e. The summed E-state index contributed by atoms with van der Waals surface area (Å²) in [6, 6.07) is 0. The Kier molecular flexibility index (Phi) is 3.07. The lowest BCUT2D eigenvalue weighted by atomic mass is 9.56. The maximum atomic E-state index is 12.7. The normalized spacial score (nSPS) is 48.6. The van der Waals surface area contributed by atoms with Gasteiger partial charge in [-0.1, -0.05) is 13.8 Å². The highest BCUT2D eigenvalue weighted by Gasteiger charge is 2.51. The van der Waals surface area contributed by atoms with E-state index in [0.717, 1.165) is 38.5 Å². The lowest BCUT2D eigenvalue weighted by Crippen LogP contribution is -2.51. The quantitative estimate of drug-likeness (QED) is 0.659. The predicted octanol–water partition coefficient (Wildman–Crippen LogP) is 3.24. The molecule has 2 nitrogen and oxygen atoms in total. The Morgan fingerprint density at radius 3 is 1.50 bits per heavy atom. The summed E-state index contributed by atoms with van der Waals surface area (Å²) in [5.74, 6) is 2.47. The number of rotatable bonds is 0. The molecule has 18 heavy (non-hydrogen) atoms. The first-order valence-electron chi connectivity index (χ1n) is 7.65. The van der Waals surface area contributed by atoms with Crippen LogP contribution in [-0.4, -0.2) is 11.6 Å². The van der Waals surface area contributed by atoms with E-state index in [1.54, 1.807) is 0 Å². The van der Waals surface area contributed by atoms with E-state index in [4.69, 9.17) is 0 Å². The average molecular weight is 248 g/mol. The van der Waals surface area contributed by atoms with Gasteiger partial charge in [-0.15, -0.1) is 0 Å². The van der Waals surface area contributed by atoms with Gasteiger partial charge >= 0.3 is 0 Å². The van der Waals surface area contributed by atoms with Crippen LogP contribution in [0.1, 0.15) is 52.4 Å². The van der Waals surface area contributed by atoms with Crippen LogP contribution in [-0.2, 0) is 9.59 Å². The van der Waals surface area contributed by atoms with Crippen LogP contribution in [0.4, 0.5) is 0 Å². The number of carbonyl (C=O) groups is 2. The van der Waals surface area contributed by atoms with Crippen molar-refractivity contribution in [2.24, 2.45) is 35.5 Å². The highest BCUT2D eigenvalue weighted by Crippen LogP contribution is 2.48. The maximum absolute atomic E-state index is 12.7. The highest BCUT2D eigenvalue weighted by molar-refractivity contribution is 5.99. The van der Waals surface area contributed by atoms with Crippen LogP contribution in [0.2, 0.25) is 0 Å². The molecule has 3 aliphatic rings. The van der Waals surface area contributed by atoms with Crippen LogP contribution in [0, 0.1) is 35.5 Å². The number of hydrogen-bond donors (Lipinski definition) is 0. The van der Waals surface area contributed by atoms with Crippen molar-refractivity contribution >= 4 is 11.6 Å². The predicted molar refractivity (Wildman–Crippen MR) is 70.0 cm³/mol. The number of carbonyl (C=O) groups excluding carboxylic acids is 2. The molecule has 100 valence electrons. The number of Topliss-reactive ketones (excluding diaryl/α,β-unsaturated/α-hetero) is 2. The van der Waals surface area contributed by atoms with Crippen molar-refractivity contribution in [3.63, 3.8) is 0 Å². The van der Waals surface area contributed by atoms with E-state index in [-0.39, 0.29) is 23.7 Å². The van der Waals surface area contributed by atoms with Crippen molar-refractivity contribution in [1.29, 1.82) is 0 Å². The Morgan fingerprint density at radius 1 is 0.667 bits per heavy atom. The van der Waals surface area contributed by atoms with E-state index < -0.39 is 0 Å². The molecule has 3 saturated carbocycles. The van der Waals surface area contributed by atoms with Crippen LogP contribution >= 0.6 is 0 Å². The van der Waals surface area contributed by atoms with Gasteiger partial charge in [-0.25, -0.2) is 0 Å². The molecule has 0 amide bonds. The fourth-order valence-corrected chi connectivity index (χ4v) is 4.62. The van der Waals surface area contributed by atoms with E-state index in [9.17, 15) is 9.59 Å². The van der Waals surface area contributed by atoms with Gasteiger partial charge < -0.3 is 0 Å². The molecule has 0 spiro atoms. The minimum Gasteiger partial charge on any atom is -0.299 e. The van der Waals surface area contributed by atoms with Crippen molar-refractivity contribution < 1.29 is 9.59 Å². The first-order chi connectivity index (χ1) is 8.58. The Labute approximate surface area is 110 Å². The SMILES string of the molecule is CC1CCC2C(=O)C3CCC(C)CC3C(=O)C2C1. The molecule has 0 bridgehead atoms. The van der Waals surface area contributed by atoms with E-state index in [2.05, 4.69) is 13.8 Å². The molecule has 0 saturated heterocycles. The molecule has 0 radical (unpaired) electrons. The average Bonchev–Trinajstić information content (AvgIpc) is 2.35. The smallest absolute Gasteiger partial charge is 0.140 e. The van der Waals surface area contributed by atoms with E-state index in [1.807, 2.05) is 0 Å². The minimum absolute atomic E-state index is 0.0767. The van der Waals surface area contributed by atoms with E-state index in [1.165, 1.54) is 0 Å². The van der Waals surface area contributed by atoms with Crippen molar-refractivity contribution in [2.75, 3.05) is 0 Å². The third-order valence-corrected chi connectivity index (χ3v) is 5.69. The lowest BCUT2D eigenvalue weighted by molar-refractivity contribution is -0.152. The first kappa shape index (κ1) is 12.4. The third-order valence-electron chi connectivity index (χ3n) is 5.69. The van der Waals surface area contributed by atoms with Gasteiger partial charge in [0.15, 0.2) is 0 Å². The van der Waals surface area contributed by atoms with Crippen LogP contribution in [0.3, 0.4) is 0 Å². The van der Waals surface area contributed by atoms with E-state index in [0.29, 0.717) is 23.4 Å². The molecule has 0 aliphatic heterocycles. The topological polar surface area (TPSA) is 34.1 Å². The minimum atomic E-state index is 0.0767. The Hall–Kier alpha value is -0.660. The summed E-state index contributed by atoms with van der Waals surface area (Å²) in [6.07, 6.45) is 6.13. The van der Waals surface area contributed by atoms with Crippen molar-refractivity contribution in [1.82, 2.24) is 0 Å². The van der Waals surface area contributed by atoms with Gasteiger partial charge in [-0.05, 0) is 50.4 Å². The summed E-state index contributed by atoms with van der Waals surface area (Å²) in [7, 11) is 0. The summed E-state index contributed by atoms with van der Waals surface area (Å²) in [5.41, 5.74) is 0. The molecule has 0 aromatic heterocycles. The number of hydrogen-bond acceptors (Lipinski definition) is 2. The molecule has 0 aromatic rings. The van der Waals surface area contributed by atoms with Crippen molar-refractivity contribution in [3.8, 4) is 0 Å². The zero-order valence-electron chi connectivity index (χ0n) is 11.5. The summed E-state index contributed by atoms with van der Waals surface area (Å²) in [6.45, 7) is 4.45. The van der Waals surface area contributed by atoms with Crippen LogP contribution in [0.15, 0.2) is 0 Å². The second-order valence-electron chi connectivity index (χ2n) is 7.07. The maximum Gasteiger partial charge on any atom is 0.140 e. The fraction of sp³-hybridized carbons (Fsp3) is 0.875. The van der Waals surface area contributed by atoms with E-state index >= 15 is 0 Å². The summed E-state index contributed by atoms with van der Waals surface area (Å²) < 4.78 is 0. The van der Waals surface area contributed by atoms with Crippen molar-refractivity contribution in [3.05, 3.63) is 0 Å². The molecule has 6 unspecified atom stereocenters. The summed E-state index contributed by atoms with van der Waals surface area (Å²) >= 11 is 0. The molecule has 3 aliphatic carbocycles. The summed E-state index contributed by atoms with van der Waals surface area (Å²) in [4.78, 5) is 25.3. The molecule has 0 aromatic carbocycles. The zero-order chi connectivity index (χ0) is 12.9. The Balaban J connectivity index is 1.87. The standard InChI is InChI=1S/C16H24O2/c1-9-3-5-11-13(7-9)16(18)14-8-10(2)4-6-12(14)15(11)17/h9-14H,3-8H2,1-2H3. The van der Waals surface area contributed by atoms with Crippen LogP contribution < -0.4 is 0 Å². The van der Waals surface area contributed by atoms with Crippen molar-refractivity contribution in [2.45, 2.75) is 52.4 Å². The molecule has 3 rings (SSSR count). The monoisotopic (exact) mass is 248 g/mol. The second-order valence-corrected chi connectivity index (χ2v) is 7.07. The van der Waals surface area contributed by atoms with Gasteiger partial charge in [0.25, 0.3) is 0 Å². The molecule has 2 heteroatoms. The van der Waals surface area contributed by atoms with Gasteiger partial charge in [0.1, 0.15) is 11.6 Å². The van der Waals surface area contributed by atoms with Gasteiger partial charge in [0, 0.05) is 23.7 Å². The summed E-state index contributed by atoms with van der Waals surface area (Å²) in [5, 5.41) is 0.